The second-order valence-corrected chi connectivity index (χ2v) is 9.11. The molecular formula is C25H25ClFN5. The van der Waals surface area contributed by atoms with E-state index in [2.05, 4.69) is 59.3 Å². The first-order valence-electron chi connectivity index (χ1n) is 10.2. The molecule has 164 valence electrons. The molecule has 2 N–H and O–H groups in total. The second-order valence-electron chi connectivity index (χ2n) is 8.71. The van der Waals surface area contributed by atoms with Crippen molar-refractivity contribution in [3.05, 3.63) is 58.3 Å². The maximum Gasteiger partial charge on any atom is 0.213 e. The van der Waals surface area contributed by atoms with Crippen molar-refractivity contribution in [1.82, 2.24) is 9.97 Å². The molecule has 1 atom stereocenters. The van der Waals surface area contributed by atoms with Gasteiger partial charge >= 0.3 is 0 Å². The Hall–Kier alpha value is -3.35. The highest BCUT2D eigenvalue weighted by Crippen LogP contribution is 2.35. The number of halogens is 2. The number of pyridine rings is 2. The Bertz CT molecular complexity index is 1260. The number of aryl methyl sites for hydroxylation is 1. The van der Waals surface area contributed by atoms with Crippen molar-refractivity contribution in [2.75, 3.05) is 17.2 Å². The van der Waals surface area contributed by atoms with E-state index >= 15 is 0 Å². The summed E-state index contributed by atoms with van der Waals surface area (Å²) in [6.45, 7) is 10.5. The molecule has 3 rings (SSSR count). The van der Waals surface area contributed by atoms with Gasteiger partial charge < -0.3 is 10.6 Å². The summed E-state index contributed by atoms with van der Waals surface area (Å²) in [4.78, 5) is 8.31. The van der Waals surface area contributed by atoms with Crippen LogP contribution < -0.4 is 10.6 Å². The third-order valence-corrected chi connectivity index (χ3v) is 5.13. The monoisotopic (exact) mass is 449 g/mol. The number of nitrogens with zero attached hydrogens (tertiary/aromatic N) is 3. The SMILES string of the molecule is CC#CC(Nc1cc(Cl)c2ncc(C#N)c(NCC(C)(C)C)c2c1)c1ccc(F)nc1C. The Labute approximate surface area is 193 Å². The van der Waals surface area contributed by atoms with Crippen LogP contribution in [0.1, 0.15) is 50.6 Å². The van der Waals surface area contributed by atoms with Crippen LogP contribution in [0.2, 0.25) is 5.02 Å². The zero-order chi connectivity index (χ0) is 23.5. The van der Waals surface area contributed by atoms with Crippen molar-refractivity contribution in [3.8, 4) is 17.9 Å². The van der Waals surface area contributed by atoms with Crippen molar-refractivity contribution in [2.45, 2.75) is 40.7 Å². The summed E-state index contributed by atoms with van der Waals surface area (Å²) >= 11 is 6.57. The Morgan fingerprint density at radius 3 is 2.62 bits per heavy atom. The van der Waals surface area contributed by atoms with Gasteiger partial charge in [0.1, 0.15) is 12.1 Å². The summed E-state index contributed by atoms with van der Waals surface area (Å²) in [5, 5.41) is 17.6. The zero-order valence-corrected chi connectivity index (χ0v) is 19.5. The lowest BCUT2D eigenvalue weighted by Crippen LogP contribution is -2.19. The minimum atomic E-state index is -0.534. The molecule has 0 bridgehead atoms. The van der Waals surface area contributed by atoms with Crippen molar-refractivity contribution in [1.29, 1.82) is 5.26 Å². The van der Waals surface area contributed by atoms with Gasteiger partial charge in [0.15, 0.2) is 0 Å². The molecule has 0 saturated carbocycles. The normalized spacial score (nSPS) is 11.9. The number of rotatable bonds is 5. The third-order valence-electron chi connectivity index (χ3n) is 4.84. The maximum atomic E-state index is 13.5. The van der Waals surface area contributed by atoms with E-state index in [0.717, 1.165) is 10.9 Å². The number of fused-ring (bicyclic) bond motifs is 1. The van der Waals surface area contributed by atoms with Gasteiger partial charge in [-0.3, -0.25) is 4.98 Å². The summed E-state index contributed by atoms with van der Waals surface area (Å²) in [7, 11) is 0. The second kappa shape index (κ2) is 9.42. The molecule has 7 heteroatoms. The molecule has 32 heavy (non-hydrogen) atoms. The summed E-state index contributed by atoms with van der Waals surface area (Å²) in [5.74, 6) is 5.48. The minimum Gasteiger partial charge on any atom is -0.383 e. The fourth-order valence-electron chi connectivity index (χ4n) is 3.32. The van der Waals surface area contributed by atoms with Crippen LogP contribution in [0.4, 0.5) is 15.8 Å². The minimum absolute atomic E-state index is 0.0108. The molecule has 1 aromatic carbocycles. The quantitative estimate of drug-likeness (QED) is 0.356. The predicted molar refractivity (Wildman–Crippen MR) is 128 cm³/mol. The van der Waals surface area contributed by atoms with Gasteiger partial charge in [0.05, 0.1) is 21.8 Å². The van der Waals surface area contributed by atoms with Crippen molar-refractivity contribution < 1.29 is 4.39 Å². The Balaban J connectivity index is 2.10. The van der Waals surface area contributed by atoms with Crippen LogP contribution in [0.25, 0.3) is 10.9 Å². The highest BCUT2D eigenvalue weighted by molar-refractivity contribution is 6.35. The number of hydrogen-bond acceptors (Lipinski definition) is 5. The highest BCUT2D eigenvalue weighted by atomic mass is 35.5. The van der Waals surface area contributed by atoms with Crippen LogP contribution >= 0.6 is 11.6 Å². The van der Waals surface area contributed by atoms with E-state index in [1.165, 1.54) is 12.3 Å². The highest BCUT2D eigenvalue weighted by Gasteiger charge is 2.18. The van der Waals surface area contributed by atoms with Crippen LogP contribution in [0, 0.1) is 41.5 Å². The molecule has 0 spiro atoms. The largest absolute Gasteiger partial charge is 0.383 e. The topological polar surface area (TPSA) is 73.6 Å². The summed E-state index contributed by atoms with van der Waals surface area (Å²) in [6, 6.07) is 8.45. The van der Waals surface area contributed by atoms with Gasteiger partial charge in [-0.2, -0.15) is 9.65 Å². The number of hydrogen-bond donors (Lipinski definition) is 2. The lowest BCUT2D eigenvalue weighted by molar-refractivity contribution is 0.443. The third kappa shape index (κ3) is 5.28. The molecule has 0 aliphatic rings. The Kier molecular flexibility index (Phi) is 6.87. The zero-order valence-electron chi connectivity index (χ0n) is 18.8. The fraction of sp³-hybridized carbons (Fsp3) is 0.320. The molecule has 5 nitrogen and oxygen atoms in total. The maximum absolute atomic E-state index is 13.5. The van der Waals surface area contributed by atoms with E-state index in [4.69, 9.17) is 11.6 Å². The average molecular weight is 450 g/mol. The number of benzene rings is 1. The fourth-order valence-corrected chi connectivity index (χ4v) is 3.59. The van der Waals surface area contributed by atoms with E-state index in [-0.39, 0.29) is 5.41 Å². The van der Waals surface area contributed by atoms with E-state index < -0.39 is 12.0 Å². The van der Waals surface area contributed by atoms with E-state index in [0.29, 0.717) is 39.7 Å². The van der Waals surface area contributed by atoms with Crippen LogP contribution in [0.15, 0.2) is 30.5 Å². The van der Waals surface area contributed by atoms with Gasteiger partial charge in [-0.25, -0.2) is 4.98 Å². The van der Waals surface area contributed by atoms with Crippen LogP contribution in [-0.4, -0.2) is 16.5 Å². The molecule has 0 aliphatic heterocycles. The standard InChI is InChI=1S/C25H25ClFN5/c1-6-7-21(18-8-9-22(27)31-15(18)2)32-17-10-19-23(30-14-25(3,4)5)16(12-28)13-29-24(19)20(26)11-17/h8-11,13,21,32H,14H2,1-5H3,(H,29,30). The Morgan fingerprint density at radius 1 is 1.25 bits per heavy atom. The van der Waals surface area contributed by atoms with Crippen molar-refractivity contribution >= 4 is 33.9 Å². The first-order valence-corrected chi connectivity index (χ1v) is 10.6. The number of anilines is 2. The molecule has 1 unspecified atom stereocenters. The lowest BCUT2D eigenvalue weighted by atomic mass is 9.96. The van der Waals surface area contributed by atoms with Gasteiger partial charge in [0.2, 0.25) is 5.95 Å². The van der Waals surface area contributed by atoms with Gasteiger partial charge in [0.25, 0.3) is 0 Å². The molecule has 2 aromatic heterocycles. The van der Waals surface area contributed by atoms with Gasteiger partial charge in [-0.05, 0) is 43.5 Å². The van der Waals surface area contributed by atoms with Gasteiger partial charge in [0, 0.05) is 35.1 Å². The molecule has 3 aromatic rings. The molecule has 0 saturated heterocycles. The summed E-state index contributed by atoms with van der Waals surface area (Å²) in [5.41, 5.74) is 3.77. The lowest BCUT2D eigenvalue weighted by Gasteiger charge is -2.22. The van der Waals surface area contributed by atoms with Crippen molar-refractivity contribution in [2.24, 2.45) is 5.41 Å². The Morgan fingerprint density at radius 2 is 2.00 bits per heavy atom. The summed E-state index contributed by atoms with van der Waals surface area (Å²) < 4.78 is 13.5. The van der Waals surface area contributed by atoms with E-state index in [1.54, 1.807) is 26.0 Å². The van der Waals surface area contributed by atoms with Crippen LogP contribution in [0.5, 0.6) is 0 Å². The average Bonchev–Trinajstić information content (AvgIpc) is 2.71. The first kappa shape index (κ1) is 23.3. The molecule has 0 radical (unpaired) electrons. The number of nitrogens with one attached hydrogen (secondary N) is 2. The van der Waals surface area contributed by atoms with E-state index in [1.807, 2.05) is 6.07 Å². The smallest absolute Gasteiger partial charge is 0.213 e. The van der Waals surface area contributed by atoms with E-state index in [9.17, 15) is 9.65 Å². The number of nitriles is 1. The summed E-state index contributed by atoms with van der Waals surface area (Å²) in [6.07, 6.45) is 1.53. The molecule has 0 amide bonds. The molecule has 0 fully saturated rings. The van der Waals surface area contributed by atoms with Crippen LogP contribution in [-0.2, 0) is 0 Å². The number of aromatic nitrogens is 2. The van der Waals surface area contributed by atoms with Crippen molar-refractivity contribution in [3.63, 3.8) is 0 Å². The first-order chi connectivity index (χ1) is 15.1. The molecular weight excluding hydrogens is 425 g/mol. The van der Waals surface area contributed by atoms with Crippen LogP contribution in [0.3, 0.4) is 0 Å². The molecule has 2 heterocycles. The molecule has 0 aliphatic carbocycles. The van der Waals surface area contributed by atoms with Gasteiger partial charge in [-0.1, -0.05) is 38.3 Å². The predicted octanol–water partition coefficient (Wildman–Crippen LogP) is 6.24. The van der Waals surface area contributed by atoms with Gasteiger partial charge in [-0.15, -0.1) is 5.92 Å².